The summed E-state index contributed by atoms with van der Waals surface area (Å²) in [7, 11) is 0. The second-order valence-electron chi connectivity index (χ2n) is 5.50. The Bertz CT molecular complexity index is 526. The van der Waals surface area contributed by atoms with E-state index in [9.17, 15) is 0 Å². The predicted octanol–water partition coefficient (Wildman–Crippen LogP) is 3.87. The fraction of sp³-hybridized carbons (Fsp3) is 0.353. The fourth-order valence-electron chi connectivity index (χ4n) is 2.72. The van der Waals surface area contributed by atoms with Crippen molar-refractivity contribution in [3.8, 4) is 0 Å². The van der Waals surface area contributed by atoms with Crippen LogP contribution < -0.4 is 9.80 Å². The van der Waals surface area contributed by atoms with Gasteiger partial charge in [-0.3, -0.25) is 0 Å². The van der Waals surface area contributed by atoms with Crippen LogP contribution in [0.2, 0.25) is 0 Å². The van der Waals surface area contributed by atoms with Crippen LogP contribution >= 0.6 is 15.9 Å². The Labute approximate surface area is 134 Å². The summed E-state index contributed by atoms with van der Waals surface area (Å²) in [4.78, 5) is 9.36. The summed E-state index contributed by atoms with van der Waals surface area (Å²) in [5.41, 5.74) is 2.64. The first-order chi connectivity index (χ1) is 10.2. The molecule has 1 aromatic heterocycles. The third-order valence-corrected chi connectivity index (χ3v) is 4.40. The molecule has 0 radical (unpaired) electrons. The predicted molar refractivity (Wildman–Crippen MR) is 92.2 cm³/mol. The number of aryl methyl sites for hydroxylation is 1. The molecule has 2 heterocycles. The molecule has 1 aliphatic heterocycles. The summed E-state index contributed by atoms with van der Waals surface area (Å²) in [6, 6.07) is 13.0. The van der Waals surface area contributed by atoms with E-state index in [1.165, 1.54) is 11.3 Å². The quantitative estimate of drug-likeness (QED) is 0.823. The molecule has 1 saturated heterocycles. The van der Waals surface area contributed by atoms with Gasteiger partial charge in [0.2, 0.25) is 0 Å². The maximum Gasteiger partial charge on any atom is 0.128 e. The van der Waals surface area contributed by atoms with E-state index >= 15 is 0 Å². The Balaban J connectivity index is 1.69. The summed E-state index contributed by atoms with van der Waals surface area (Å²) >= 11 is 3.44. The van der Waals surface area contributed by atoms with Crippen molar-refractivity contribution in [1.29, 1.82) is 0 Å². The molecule has 110 valence electrons. The van der Waals surface area contributed by atoms with Crippen molar-refractivity contribution in [3.05, 3.63) is 52.6 Å². The SMILES string of the molecule is Cc1ccc(N2CCCN(c3ccc(Br)cn3)CC2)cc1. The molecule has 0 saturated carbocycles. The molecule has 0 atom stereocenters. The Morgan fingerprint density at radius 3 is 2.33 bits per heavy atom. The van der Waals surface area contributed by atoms with Crippen LogP contribution in [0.4, 0.5) is 11.5 Å². The zero-order valence-corrected chi connectivity index (χ0v) is 13.9. The highest BCUT2D eigenvalue weighted by atomic mass is 79.9. The number of pyridine rings is 1. The van der Waals surface area contributed by atoms with Crippen molar-refractivity contribution < 1.29 is 0 Å². The van der Waals surface area contributed by atoms with Crippen molar-refractivity contribution in [2.24, 2.45) is 0 Å². The van der Waals surface area contributed by atoms with Gasteiger partial charge < -0.3 is 9.80 Å². The summed E-state index contributed by atoms with van der Waals surface area (Å²) in [6.45, 7) is 6.36. The van der Waals surface area contributed by atoms with E-state index in [0.717, 1.165) is 42.9 Å². The Morgan fingerprint density at radius 2 is 1.62 bits per heavy atom. The van der Waals surface area contributed by atoms with E-state index in [0.29, 0.717) is 0 Å². The van der Waals surface area contributed by atoms with Gasteiger partial charge in [-0.05, 0) is 53.5 Å². The minimum absolute atomic E-state index is 1.02. The number of anilines is 2. The van der Waals surface area contributed by atoms with Crippen LogP contribution in [-0.2, 0) is 0 Å². The molecule has 1 fully saturated rings. The number of hydrogen-bond donors (Lipinski definition) is 0. The van der Waals surface area contributed by atoms with Gasteiger partial charge in [0, 0.05) is 42.5 Å². The van der Waals surface area contributed by atoms with Crippen LogP contribution in [0, 0.1) is 6.92 Å². The van der Waals surface area contributed by atoms with E-state index in [4.69, 9.17) is 0 Å². The second kappa shape index (κ2) is 6.48. The van der Waals surface area contributed by atoms with E-state index in [1.807, 2.05) is 6.20 Å². The Kier molecular flexibility index (Phi) is 4.44. The molecule has 1 aromatic carbocycles. The zero-order valence-electron chi connectivity index (χ0n) is 12.3. The average Bonchev–Trinajstić information content (AvgIpc) is 2.75. The lowest BCUT2D eigenvalue weighted by Crippen LogP contribution is -2.31. The molecule has 0 N–H and O–H groups in total. The van der Waals surface area contributed by atoms with Gasteiger partial charge in [0.1, 0.15) is 5.82 Å². The third-order valence-electron chi connectivity index (χ3n) is 3.93. The van der Waals surface area contributed by atoms with Crippen molar-refractivity contribution in [3.63, 3.8) is 0 Å². The average molecular weight is 346 g/mol. The van der Waals surface area contributed by atoms with E-state index in [2.05, 4.69) is 74.0 Å². The van der Waals surface area contributed by atoms with Gasteiger partial charge >= 0.3 is 0 Å². The first-order valence-electron chi connectivity index (χ1n) is 7.40. The molecular formula is C17H20BrN3. The lowest BCUT2D eigenvalue weighted by atomic mass is 10.2. The molecule has 0 amide bonds. The molecule has 2 aromatic rings. The highest BCUT2D eigenvalue weighted by Crippen LogP contribution is 2.20. The van der Waals surface area contributed by atoms with Gasteiger partial charge in [-0.1, -0.05) is 17.7 Å². The lowest BCUT2D eigenvalue weighted by molar-refractivity contribution is 0.797. The number of rotatable bonds is 2. The number of nitrogens with zero attached hydrogens (tertiary/aromatic N) is 3. The van der Waals surface area contributed by atoms with Crippen LogP contribution in [0.3, 0.4) is 0 Å². The molecule has 1 aliphatic rings. The molecule has 4 heteroatoms. The zero-order chi connectivity index (χ0) is 14.7. The summed E-state index contributed by atoms with van der Waals surface area (Å²) in [5.74, 6) is 1.07. The molecular weight excluding hydrogens is 326 g/mol. The number of aromatic nitrogens is 1. The number of halogens is 1. The Hall–Kier alpha value is -1.55. The molecule has 21 heavy (non-hydrogen) atoms. The molecule has 3 nitrogen and oxygen atoms in total. The van der Waals surface area contributed by atoms with Crippen molar-refractivity contribution in [2.45, 2.75) is 13.3 Å². The third kappa shape index (κ3) is 3.56. The first-order valence-corrected chi connectivity index (χ1v) is 8.20. The molecule has 0 aliphatic carbocycles. The van der Waals surface area contributed by atoms with Crippen LogP contribution in [0.15, 0.2) is 47.1 Å². The highest BCUT2D eigenvalue weighted by Gasteiger charge is 2.16. The second-order valence-corrected chi connectivity index (χ2v) is 6.41. The lowest BCUT2D eigenvalue weighted by Gasteiger charge is -2.24. The van der Waals surface area contributed by atoms with E-state index in [1.54, 1.807) is 0 Å². The number of benzene rings is 1. The highest BCUT2D eigenvalue weighted by molar-refractivity contribution is 9.10. The van der Waals surface area contributed by atoms with Crippen LogP contribution in [0.5, 0.6) is 0 Å². The van der Waals surface area contributed by atoms with Crippen molar-refractivity contribution in [1.82, 2.24) is 4.98 Å². The van der Waals surface area contributed by atoms with Crippen molar-refractivity contribution >= 4 is 27.4 Å². The molecule has 0 unspecified atom stereocenters. The van der Waals surface area contributed by atoms with E-state index < -0.39 is 0 Å². The van der Waals surface area contributed by atoms with Crippen LogP contribution in [0.25, 0.3) is 0 Å². The standard InChI is InChI=1S/C17H20BrN3/c1-14-3-6-16(7-4-14)20-9-2-10-21(12-11-20)17-8-5-15(18)13-19-17/h3-8,13H,2,9-12H2,1H3. The maximum absolute atomic E-state index is 4.51. The van der Waals surface area contributed by atoms with E-state index in [-0.39, 0.29) is 0 Å². The van der Waals surface area contributed by atoms with Crippen LogP contribution in [-0.4, -0.2) is 31.2 Å². The topological polar surface area (TPSA) is 19.4 Å². The number of hydrogen-bond acceptors (Lipinski definition) is 3. The first kappa shape index (κ1) is 14.4. The minimum atomic E-state index is 1.02. The van der Waals surface area contributed by atoms with Crippen LogP contribution in [0.1, 0.15) is 12.0 Å². The normalized spacial score (nSPS) is 15.9. The van der Waals surface area contributed by atoms with Crippen molar-refractivity contribution in [2.75, 3.05) is 36.0 Å². The van der Waals surface area contributed by atoms with Gasteiger partial charge in [-0.25, -0.2) is 4.98 Å². The van der Waals surface area contributed by atoms with Gasteiger partial charge in [0.05, 0.1) is 0 Å². The molecule has 0 spiro atoms. The molecule has 3 rings (SSSR count). The summed E-state index contributed by atoms with van der Waals surface area (Å²) in [6.07, 6.45) is 3.03. The van der Waals surface area contributed by atoms with Gasteiger partial charge in [0.25, 0.3) is 0 Å². The largest absolute Gasteiger partial charge is 0.370 e. The summed E-state index contributed by atoms with van der Waals surface area (Å²) < 4.78 is 1.03. The monoisotopic (exact) mass is 345 g/mol. The maximum atomic E-state index is 4.51. The van der Waals surface area contributed by atoms with Gasteiger partial charge in [0.15, 0.2) is 0 Å². The Morgan fingerprint density at radius 1 is 0.905 bits per heavy atom. The van der Waals surface area contributed by atoms with Gasteiger partial charge in [-0.15, -0.1) is 0 Å². The molecule has 0 bridgehead atoms. The van der Waals surface area contributed by atoms with Gasteiger partial charge in [-0.2, -0.15) is 0 Å². The smallest absolute Gasteiger partial charge is 0.128 e. The fourth-order valence-corrected chi connectivity index (χ4v) is 2.95. The minimum Gasteiger partial charge on any atom is -0.370 e. The summed E-state index contributed by atoms with van der Waals surface area (Å²) in [5, 5.41) is 0.